The van der Waals surface area contributed by atoms with Crippen LogP contribution in [0.15, 0.2) is 24.3 Å². The molecule has 0 heterocycles. The molecule has 0 aliphatic carbocycles. The van der Waals surface area contributed by atoms with Gasteiger partial charge < -0.3 is 28.7 Å². The van der Waals surface area contributed by atoms with Crippen molar-refractivity contribution in [3.05, 3.63) is 29.8 Å². The van der Waals surface area contributed by atoms with Crippen LogP contribution < -0.4 is 10.1 Å². The molecule has 0 spiro atoms. The van der Waals surface area contributed by atoms with E-state index in [0.717, 1.165) is 37.1 Å². The van der Waals surface area contributed by atoms with Gasteiger partial charge in [0.05, 0.1) is 19.8 Å². The quantitative estimate of drug-likeness (QED) is 0.0775. The fourth-order valence-corrected chi connectivity index (χ4v) is 4.74. The molecule has 0 aliphatic heterocycles. The lowest BCUT2D eigenvalue weighted by Gasteiger charge is -2.19. The fraction of sp³-hybridized carbons (Fsp3) is 0.759. The summed E-state index contributed by atoms with van der Waals surface area (Å²) in [6.07, 6.45) is 16.2. The van der Waals surface area contributed by atoms with Crippen molar-refractivity contribution in [2.24, 2.45) is 0 Å². The normalized spacial score (nSPS) is 12.9. The van der Waals surface area contributed by atoms with Gasteiger partial charge in [-0.1, -0.05) is 83.3 Å². The zero-order chi connectivity index (χ0) is 27.0. The number of ether oxygens (including phenoxy) is 2. The molecule has 1 rings (SSSR count). The Balaban J connectivity index is 2.27. The highest BCUT2D eigenvalue weighted by Gasteiger charge is 2.17. The maximum Gasteiger partial charge on any atom is 0.329 e. The number of nitrogens with one attached hydrogen (secondary N) is 1. The highest BCUT2D eigenvalue weighted by atomic mass is 31.2. The van der Waals surface area contributed by atoms with Crippen LogP contribution in [-0.2, 0) is 25.0 Å². The molecule has 2 unspecified atom stereocenters. The molecule has 1 aromatic rings. The third-order valence-electron chi connectivity index (χ3n) is 6.10. The number of rotatable bonds is 25. The van der Waals surface area contributed by atoms with Gasteiger partial charge in [-0.15, -0.1) is 0 Å². The number of esters is 1. The SMILES string of the molecule is CCCCCCCCCCCCCOc1cccc(CC(COP(O)OCCCCNC)OC(C)=O)c1. The average molecular weight is 542 g/mol. The minimum absolute atomic E-state index is 0.0716. The van der Waals surface area contributed by atoms with Crippen molar-refractivity contribution >= 4 is 14.6 Å². The largest absolute Gasteiger partial charge is 0.494 e. The topological polar surface area (TPSA) is 86.2 Å². The summed E-state index contributed by atoms with van der Waals surface area (Å²) in [6, 6.07) is 7.86. The molecule has 8 heteroatoms. The molecular weight excluding hydrogens is 489 g/mol. The van der Waals surface area contributed by atoms with Crippen molar-refractivity contribution < 1.29 is 28.2 Å². The summed E-state index contributed by atoms with van der Waals surface area (Å²) in [5, 5.41) is 3.07. The van der Waals surface area contributed by atoms with Crippen LogP contribution in [0.4, 0.5) is 0 Å². The van der Waals surface area contributed by atoms with Gasteiger partial charge >= 0.3 is 14.6 Å². The van der Waals surface area contributed by atoms with E-state index in [9.17, 15) is 9.69 Å². The van der Waals surface area contributed by atoms with Crippen LogP contribution in [0.25, 0.3) is 0 Å². The number of carbonyl (C=O) groups is 1. The number of benzene rings is 1. The van der Waals surface area contributed by atoms with Crippen molar-refractivity contribution in [2.75, 3.05) is 33.4 Å². The van der Waals surface area contributed by atoms with E-state index in [-0.39, 0.29) is 12.6 Å². The molecule has 0 fully saturated rings. The molecule has 0 radical (unpaired) electrons. The Hall–Kier alpha value is -1.24. The van der Waals surface area contributed by atoms with E-state index in [0.29, 0.717) is 19.6 Å². The molecule has 0 aliphatic rings. The Kier molecular flexibility index (Phi) is 21.8. The number of hydrogen-bond acceptors (Lipinski definition) is 7. The van der Waals surface area contributed by atoms with Crippen molar-refractivity contribution in [2.45, 2.75) is 110 Å². The smallest absolute Gasteiger partial charge is 0.329 e. The van der Waals surface area contributed by atoms with E-state index in [1.165, 1.54) is 71.1 Å². The molecule has 2 atom stereocenters. The highest BCUT2D eigenvalue weighted by Crippen LogP contribution is 2.33. The van der Waals surface area contributed by atoms with Crippen molar-refractivity contribution in [1.29, 1.82) is 0 Å². The Morgan fingerprint density at radius 2 is 1.57 bits per heavy atom. The second-order valence-corrected chi connectivity index (χ2v) is 10.6. The van der Waals surface area contributed by atoms with Gasteiger partial charge in [0.1, 0.15) is 11.9 Å². The van der Waals surface area contributed by atoms with Crippen molar-refractivity contribution in [3.8, 4) is 5.75 Å². The van der Waals surface area contributed by atoms with Crippen LogP contribution in [0.3, 0.4) is 0 Å². The molecule has 214 valence electrons. The second kappa shape index (κ2) is 23.8. The van der Waals surface area contributed by atoms with E-state index in [1.54, 1.807) is 0 Å². The summed E-state index contributed by atoms with van der Waals surface area (Å²) in [4.78, 5) is 21.6. The van der Waals surface area contributed by atoms with Gasteiger partial charge in [-0.2, -0.15) is 0 Å². The molecule has 0 amide bonds. The molecule has 0 saturated carbocycles. The Morgan fingerprint density at radius 1 is 0.919 bits per heavy atom. The van der Waals surface area contributed by atoms with Crippen molar-refractivity contribution in [1.82, 2.24) is 5.32 Å². The standard InChI is InChI=1S/C29H52NO6P/c1-4-5-6-7-8-9-10-11-12-13-15-21-33-28-19-17-18-27(23-28)24-29(36-26(2)31)25-35-37(32)34-22-16-14-20-30-3/h17-19,23,29-30,32H,4-16,20-22,24-25H2,1-3H3. The predicted molar refractivity (Wildman–Crippen MR) is 152 cm³/mol. The van der Waals surface area contributed by atoms with E-state index in [4.69, 9.17) is 18.5 Å². The average Bonchev–Trinajstić information content (AvgIpc) is 2.88. The maximum atomic E-state index is 11.6. The molecule has 7 nitrogen and oxygen atoms in total. The molecule has 0 bridgehead atoms. The van der Waals surface area contributed by atoms with Gasteiger partial charge in [0.25, 0.3) is 0 Å². The number of hydrogen-bond donors (Lipinski definition) is 2. The van der Waals surface area contributed by atoms with Gasteiger partial charge in [-0.3, -0.25) is 4.79 Å². The lowest BCUT2D eigenvalue weighted by atomic mass is 10.1. The molecule has 37 heavy (non-hydrogen) atoms. The molecule has 2 N–H and O–H groups in total. The van der Waals surface area contributed by atoms with Gasteiger partial charge in [-0.25, -0.2) is 0 Å². The van der Waals surface area contributed by atoms with Gasteiger partial charge in [-0.05, 0) is 50.6 Å². The Morgan fingerprint density at radius 3 is 2.22 bits per heavy atom. The summed E-state index contributed by atoms with van der Waals surface area (Å²) in [5.41, 5.74) is 0.988. The van der Waals surface area contributed by atoms with E-state index in [1.807, 2.05) is 31.3 Å². The van der Waals surface area contributed by atoms with E-state index in [2.05, 4.69) is 12.2 Å². The summed E-state index contributed by atoms with van der Waals surface area (Å²) in [5.74, 6) is 0.439. The minimum atomic E-state index is -2.00. The third-order valence-corrected chi connectivity index (χ3v) is 6.88. The summed E-state index contributed by atoms with van der Waals surface area (Å²) in [6.45, 7) is 5.75. The number of carbonyl (C=O) groups excluding carboxylic acids is 1. The van der Waals surface area contributed by atoms with Crippen LogP contribution in [0, 0.1) is 0 Å². The maximum absolute atomic E-state index is 11.6. The highest BCUT2D eigenvalue weighted by molar-refractivity contribution is 7.40. The summed E-state index contributed by atoms with van der Waals surface area (Å²) < 4.78 is 22.1. The Bertz CT molecular complexity index is 678. The first-order chi connectivity index (χ1) is 18.0. The van der Waals surface area contributed by atoms with Gasteiger partial charge in [0, 0.05) is 13.3 Å². The second-order valence-electron chi connectivity index (χ2n) is 9.64. The molecular formula is C29H52NO6P. The Labute approximate surface area is 227 Å². The number of unbranched alkanes of at least 4 members (excludes halogenated alkanes) is 11. The van der Waals surface area contributed by atoms with Crippen LogP contribution >= 0.6 is 8.60 Å². The van der Waals surface area contributed by atoms with E-state index < -0.39 is 14.7 Å². The lowest BCUT2D eigenvalue weighted by molar-refractivity contribution is -0.147. The predicted octanol–water partition coefficient (Wildman–Crippen LogP) is 7.10. The van der Waals surface area contributed by atoms with Crippen LogP contribution in [-0.4, -0.2) is 50.4 Å². The zero-order valence-corrected chi connectivity index (χ0v) is 24.4. The van der Waals surface area contributed by atoms with Gasteiger partial charge in [0.2, 0.25) is 0 Å². The van der Waals surface area contributed by atoms with Crippen LogP contribution in [0.2, 0.25) is 0 Å². The van der Waals surface area contributed by atoms with Crippen LogP contribution in [0.5, 0.6) is 5.75 Å². The first-order valence-electron chi connectivity index (χ1n) is 14.3. The summed E-state index contributed by atoms with van der Waals surface area (Å²) >= 11 is 0. The fourth-order valence-electron chi connectivity index (χ4n) is 4.08. The molecule has 0 saturated heterocycles. The molecule has 1 aromatic carbocycles. The van der Waals surface area contributed by atoms with Gasteiger partial charge in [0.15, 0.2) is 0 Å². The van der Waals surface area contributed by atoms with Crippen molar-refractivity contribution in [3.63, 3.8) is 0 Å². The summed E-state index contributed by atoms with van der Waals surface area (Å²) in [7, 11) is -0.0949. The zero-order valence-electron chi connectivity index (χ0n) is 23.6. The first kappa shape index (κ1) is 33.8. The monoisotopic (exact) mass is 541 g/mol. The lowest BCUT2D eigenvalue weighted by Crippen LogP contribution is -2.24. The minimum Gasteiger partial charge on any atom is -0.494 e. The van der Waals surface area contributed by atoms with E-state index >= 15 is 0 Å². The third kappa shape index (κ3) is 20.4. The van der Waals surface area contributed by atoms with Crippen LogP contribution in [0.1, 0.15) is 103 Å². The first-order valence-corrected chi connectivity index (χ1v) is 15.5. The molecule has 0 aromatic heterocycles.